The van der Waals surface area contributed by atoms with Crippen LogP contribution >= 0.6 is 23.2 Å². The van der Waals surface area contributed by atoms with Crippen LogP contribution in [0.15, 0.2) is 36.4 Å². The van der Waals surface area contributed by atoms with Gasteiger partial charge < -0.3 is 5.32 Å². The summed E-state index contributed by atoms with van der Waals surface area (Å²) in [5.74, 6) is -1.24. The van der Waals surface area contributed by atoms with Crippen molar-refractivity contribution < 1.29 is 8.78 Å². The third kappa shape index (κ3) is 2.89. The summed E-state index contributed by atoms with van der Waals surface area (Å²) in [5.41, 5.74) is 0.838. The molecule has 0 bridgehead atoms. The van der Waals surface area contributed by atoms with Gasteiger partial charge in [-0.05, 0) is 30.8 Å². The minimum Gasteiger partial charge on any atom is -0.309 e. The monoisotopic (exact) mass is 301 g/mol. The van der Waals surface area contributed by atoms with Crippen LogP contribution in [0.2, 0.25) is 10.0 Å². The third-order valence-electron chi connectivity index (χ3n) is 2.86. The molecule has 5 heteroatoms. The summed E-state index contributed by atoms with van der Waals surface area (Å²) in [4.78, 5) is 0. The van der Waals surface area contributed by atoms with Gasteiger partial charge in [-0.25, -0.2) is 8.78 Å². The summed E-state index contributed by atoms with van der Waals surface area (Å²) in [6.45, 7) is 0. The van der Waals surface area contributed by atoms with E-state index in [0.29, 0.717) is 10.6 Å². The first-order valence-corrected chi connectivity index (χ1v) is 6.36. The highest BCUT2D eigenvalue weighted by molar-refractivity contribution is 6.31. The van der Waals surface area contributed by atoms with Gasteiger partial charge in [0.25, 0.3) is 0 Å². The number of nitrogens with one attached hydrogen (secondary N) is 1. The zero-order valence-corrected chi connectivity index (χ0v) is 11.6. The van der Waals surface area contributed by atoms with Gasteiger partial charge in [0.1, 0.15) is 11.6 Å². The molecule has 0 aliphatic heterocycles. The van der Waals surface area contributed by atoms with Crippen molar-refractivity contribution in [3.63, 3.8) is 0 Å². The zero-order chi connectivity index (χ0) is 14.0. The number of rotatable bonds is 3. The molecule has 0 fully saturated rings. The predicted octanol–water partition coefficient (Wildman–Crippen LogP) is 4.58. The van der Waals surface area contributed by atoms with Gasteiger partial charge in [0.15, 0.2) is 0 Å². The fourth-order valence-corrected chi connectivity index (χ4v) is 2.34. The van der Waals surface area contributed by atoms with Crippen LogP contribution in [0.3, 0.4) is 0 Å². The fraction of sp³-hybridized carbons (Fsp3) is 0.143. The van der Waals surface area contributed by atoms with Crippen molar-refractivity contribution in [2.24, 2.45) is 0 Å². The number of halogens is 4. The molecule has 2 aromatic rings. The van der Waals surface area contributed by atoms with Crippen molar-refractivity contribution >= 4 is 23.2 Å². The molecule has 0 spiro atoms. The topological polar surface area (TPSA) is 12.0 Å². The zero-order valence-electron chi connectivity index (χ0n) is 10.1. The Morgan fingerprint density at radius 2 is 1.63 bits per heavy atom. The first kappa shape index (κ1) is 14.3. The van der Waals surface area contributed by atoms with E-state index in [1.807, 2.05) is 0 Å². The van der Waals surface area contributed by atoms with Crippen molar-refractivity contribution in [1.82, 2.24) is 5.32 Å². The second kappa shape index (κ2) is 5.87. The molecule has 100 valence electrons. The molecule has 1 N–H and O–H groups in total. The summed E-state index contributed by atoms with van der Waals surface area (Å²) >= 11 is 11.6. The maximum absolute atomic E-state index is 14.0. The molecule has 0 radical (unpaired) electrons. The Kier molecular flexibility index (Phi) is 4.40. The Labute approximate surface area is 120 Å². The van der Waals surface area contributed by atoms with E-state index >= 15 is 0 Å². The average Bonchev–Trinajstić information content (AvgIpc) is 2.38. The molecule has 19 heavy (non-hydrogen) atoms. The maximum atomic E-state index is 14.0. The van der Waals surface area contributed by atoms with E-state index in [1.165, 1.54) is 0 Å². The van der Waals surface area contributed by atoms with Crippen molar-refractivity contribution in [2.75, 3.05) is 7.05 Å². The van der Waals surface area contributed by atoms with Gasteiger partial charge in [0.2, 0.25) is 0 Å². The molecule has 0 saturated carbocycles. The lowest BCUT2D eigenvalue weighted by Crippen LogP contribution is -2.19. The van der Waals surface area contributed by atoms with Crippen LogP contribution in [0.4, 0.5) is 8.78 Å². The lowest BCUT2D eigenvalue weighted by molar-refractivity contribution is 0.558. The van der Waals surface area contributed by atoms with Gasteiger partial charge in [-0.15, -0.1) is 0 Å². The summed E-state index contributed by atoms with van der Waals surface area (Å²) in [6.07, 6.45) is 0. The second-order valence-electron chi connectivity index (χ2n) is 4.03. The molecule has 0 heterocycles. The summed E-state index contributed by atoms with van der Waals surface area (Å²) < 4.78 is 27.5. The van der Waals surface area contributed by atoms with E-state index in [4.69, 9.17) is 23.2 Å². The van der Waals surface area contributed by atoms with Gasteiger partial charge in [0.05, 0.1) is 11.1 Å². The van der Waals surface area contributed by atoms with Crippen molar-refractivity contribution in [3.05, 3.63) is 69.2 Å². The lowest BCUT2D eigenvalue weighted by Gasteiger charge is -2.19. The maximum Gasteiger partial charge on any atom is 0.142 e. The van der Waals surface area contributed by atoms with Crippen molar-refractivity contribution in [3.8, 4) is 0 Å². The highest BCUT2D eigenvalue weighted by Gasteiger charge is 2.20. The highest BCUT2D eigenvalue weighted by Crippen LogP contribution is 2.31. The molecule has 0 aliphatic rings. The largest absolute Gasteiger partial charge is 0.309 e. The normalized spacial score (nSPS) is 12.5. The third-order valence-corrected chi connectivity index (χ3v) is 3.49. The summed E-state index contributed by atoms with van der Waals surface area (Å²) in [7, 11) is 1.65. The molecule has 2 rings (SSSR count). The van der Waals surface area contributed by atoms with Crippen LogP contribution in [-0.4, -0.2) is 7.05 Å². The molecule has 0 amide bonds. The standard InChI is InChI=1S/C14H11Cl2F2N/c1-19-14(8-4-2-3-5-10(8)15)9-6-13(18)11(16)7-12(9)17/h2-7,14,19H,1H3. The van der Waals surface area contributed by atoms with E-state index in [9.17, 15) is 8.78 Å². The summed E-state index contributed by atoms with van der Waals surface area (Å²) in [5, 5.41) is 3.17. The van der Waals surface area contributed by atoms with Crippen LogP contribution in [0.25, 0.3) is 0 Å². The van der Waals surface area contributed by atoms with E-state index in [0.717, 1.165) is 12.1 Å². The SMILES string of the molecule is CNC(c1cc(F)c(Cl)cc1F)c1ccccc1Cl. The fourth-order valence-electron chi connectivity index (χ4n) is 1.95. The lowest BCUT2D eigenvalue weighted by atomic mass is 9.98. The van der Waals surface area contributed by atoms with Crippen LogP contribution in [-0.2, 0) is 0 Å². The molecule has 1 nitrogen and oxygen atoms in total. The van der Waals surface area contributed by atoms with E-state index in [2.05, 4.69) is 5.32 Å². The minimum absolute atomic E-state index is 0.164. The molecule has 1 atom stereocenters. The van der Waals surface area contributed by atoms with Crippen LogP contribution < -0.4 is 5.32 Å². The van der Waals surface area contributed by atoms with E-state index in [-0.39, 0.29) is 10.6 Å². The van der Waals surface area contributed by atoms with Crippen LogP contribution in [0, 0.1) is 11.6 Å². The predicted molar refractivity (Wildman–Crippen MR) is 73.7 cm³/mol. The Bertz CT molecular complexity index is 602. The average molecular weight is 302 g/mol. The van der Waals surface area contributed by atoms with Gasteiger partial charge in [-0.2, -0.15) is 0 Å². The number of hydrogen-bond acceptors (Lipinski definition) is 1. The van der Waals surface area contributed by atoms with Gasteiger partial charge in [-0.1, -0.05) is 41.4 Å². The summed E-state index contributed by atoms with van der Waals surface area (Å²) in [6, 6.07) is 8.53. The molecular weight excluding hydrogens is 291 g/mol. The van der Waals surface area contributed by atoms with Crippen molar-refractivity contribution in [1.29, 1.82) is 0 Å². The molecule has 0 aliphatic carbocycles. The molecule has 1 unspecified atom stereocenters. The Hall–Kier alpha value is -1.16. The second-order valence-corrected chi connectivity index (χ2v) is 4.85. The van der Waals surface area contributed by atoms with Gasteiger partial charge in [-0.3, -0.25) is 0 Å². The minimum atomic E-state index is -0.662. The van der Waals surface area contributed by atoms with Crippen LogP contribution in [0.5, 0.6) is 0 Å². The van der Waals surface area contributed by atoms with Crippen molar-refractivity contribution in [2.45, 2.75) is 6.04 Å². The molecular formula is C14H11Cl2F2N. The molecule has 0 saturated heterocycles. The first-order valence-electron chi connectivity index (χ1n) is 5.60. The first-order chi connectivity index (χ1) is 9.04. The van der Waals surface area contributed by atoms with Gasteiger partial charge >= 0.3 is 0 Å². The smallest absolute Gasteiger partial charge is 0.142 e. The Balaban J connectivity index is 2.55. The number of benzene rings is 2. The molecule has 2 aromatic carbocycles. The molecule has 0 aromatic heterocycles. The highest BCUT2D eigenvalue weighted by atomic mass is 35.5. The Morgan fingerprint density at radius 3 is 2.26 bits per heavy atom. The van der Waals surface area contributed by atoms with Gasteiger partial charge in [0, 0.05) is 10.6 Å². The quantitative estimate of drug-likeness (QED) is 0.818. The Morgan fingerprint density at radius 1 is 0.947 bits per heavy atom. The van der Waals surface area contributed by atoms with E-state index < -0.39 is 17.7 Å². The van der Waals surface area contributed by atoms with E-state index in [1.54, 1.807) is 31.3 Å². The number of hydrogen-bond donors (Lipinski definition) is 1. The van der Waals surface area contributed by atoms with Crippen LogP contribution in [0.1, 0.15) is 17.2 Å².